The number of carbonyl (C=O) groups excluding carboxylic acids is 4. The highest BCUT2D eigenvalue weighted by Crippen LogP contribution is 2.38. The van der Waals surface area contributed by atoms with Crippen molar-refractivity contribution in [1.29, 1.82) is 0 Å². The first kappa shape index (κ1) is 24.2. The summed E-state index contributed by atoms with van der Waals surface area (Å²) in [5.74, 6) is -2.28. The molecule has 1 aliphatic carbocycles. The Morgan fingerprint density at radius 3 is 2.54 bits per heavy atom. The van der Waals surface area contributed by atoms with Crippen LogP contribution in [-0.4, -0.2) is 37.0 Å². The molecule has 2 N–H and O–H groups in total. The summed E-state index contributed by atoms with van der Waals surface area (Å²) < 4.78 is 15.4. The molecular formula is C25H24N2O7S. The maximum absolute atomic E-state index is 12.7. The van der Waals surface area contributed by atoms with E-state index in [1.54, 1.807) is 31.2 Å². The van der Waals surface area contributed by atoms with Crippen molar-refractivity contribution in [1.82, 2.24) is 0 Å². The molecule has 35 heavy (non-hydrogen) atoms. The van der Waals surface area contributed by atoms with E-state index in [1.165, 1.54) is 29.7 Å². The predicted octanol–water partition coefficient (Wildman–Crippen LogP) is 4.44. The molecule has 2 aromatic heterocycles. The average molecular weight is 497 g/mol. The highest BCUT2D eigenvalue weighted by Gasteiger charge is 2.27. The fraction of sp³-hybridized carbons (Fsp3) is 0.280. The van der Waals surface area contributed by atoms with Gasteiger partial charge in [-0.3, -0.25) is 9.59 Å². The summed E-state index contributed by atoms with van der Waals surface area (Å²) in [5.41, 5.74) is 1.61. The molecule has 0 saturated carbocycles. The number of thiophene rings is 1. The number of ether oxygens (including phenoxy) is 2. The van der Waals surface area contributed by atoms with Crippen LogP contribution in [0.2, 0.25) is 0 Å². The standard InChI is InChI=1S/C25H24N2O7S/c1-2-32-25(31)21-16-9-4-6-12-19(16)35-23(21)27-20(28)14-34-24(30)15-8-3-5-10-17(15)26-22(29)18-11-7-13-33-18/h3,5,7-8,10-11,13H,2,4,6,9,12,14H2,1H3,(H,26,29)(H,27,28). The summed E-state index contributed by atoms with van der Waals surface area (Å²) in [4.78, 5) is 51.1. The number of hydrogen-bond acceptors (Lipinski definition) is 8. The SMILES string of the molecule is CCOC(=O)c1c(NC(=O)COC(=O)c2ccccc2NC(=O)c2ccco2)sc2c1CCCC2. The minimum Gasteiger partial charge on any atom is -0.462 e. The Morgan fingerprint density at radius 2 is 1.77 bits per heavy atom. The Kier molecular flexibility index (Phi) is 7.61. The zero-order valence-corrected chi connectivity index (χ0v) is 19.9. The normalized spacial score (nSPS) is 12.4. The fourth-order valence-electron chi connectivity index (χ4n) is 3.81. The second-order valence-corrected chi connectivity index (χ2v) is 8.84. The van der Waals surface area contributed by atoms with E-state index in [4.69, 9.17) is 13.9 Å². The minimum atomic E-state index is -0.786. The zero-order chi connectivity index (χ0) is 24.8. The second-order valence-electron chi connectivity index (χ2n) is 7.74. The first-order valence-corrected chi connectivity index (χ1v) is 12.0. The summed E-state index contributed by atoms with van der Waals surface area (Å²) in [7, 11) is 0. The van der Waals surface area contributed by atoms with Crippen LogP contribution in [-0.2, 0) is 27.1 Å². The number of benzene rings is 1. The number of aryl methyl sites for hydroxylation is 1. The summed E-state index contributed by atoms with van der Waals surface area (Å²) in [5, 5.41) is 5.70. The maximum Gasteiger partial charge on any atom is 0.341 e. The molecular weight excluding hydrogens is 472 g/mol. The van der Waals surface area contributed by atoms with Crippen molar-refractivity contribution >= 4 is 45.8 Å². The summed E-state index contributed by atoms with van der Waals surface area (Å²) in [6.45, 7) is 1.39. The van der Waals surface area contributed by atoms with Gasteiger partial charge in [0, 0.05) is 4.88 Å². The maximum atomic E-state index is 12.7. The first-order chi connectivity index (χ1) is 17.0. The summed E-state index contributed by atoms with van der Waals surface area (Å²) in [6, 6.07) is 9.35. The molecule has 0 saturated heterocycles. The number of carbonyl (C=O) groups is 4. The molecule has 4 rings (SSSR count). The van der Waals surface area contributed by atoms with E-state index in [9.17, 15) is 19.2 Å². The molecule has 0 radical (unpaired) electrons. The van der Waals surface area contributed by atoms with Crippen LogP contribution in [0.1, 0.15) is 61.5 Å². The molecule has 0 atom stereocenters. The van der Waals surface area contributed by atoms with Gasteiger partial charge in [-0.1, -0.05) is 12.1 Å². The number of anilines is 2. The van der Waals surface area contributed by atoms with Crippen molar-refractivity contribution in [3.05, 3.63) is 70.0 Å². The van der Waals surface area contributed by atoms with E-state index in [0.717, 1.165) is 36.1 Å². The van der Waals surface area contributed by atoms with Gasteiger partial charge in [-0.25, -0.2) is 9.59 Å². The van der Waals surface area contributed by atoms with Gasteiger partial charge in [0.1, 0.15) is 5.00 Å². The van der Waals surface area contributed by atoms with Crippen molar-refractivity contribution in [3.63, 3.8) is 0 Å². The number of nitrogens with one attached hydrogen (secondary N) is 2. The van der Waals surface area contributed by atoms with Crippen LogP contribution in [0.15, 0.2) is 47.1 Å². The van der Waals surface area contributed by atoms with E-state index in [-0.39, 0.29) is 23.6 Å². The average Bonchev–Trinajstić information content (AvgIpc) is 3.51. The lowest BCUT2D eigenvalue weighted by atomic mass is 9.95. The number of hydrogen-bond donors (Lipinski definition) is 2. The highest BCUT2D eigenvalue weighted by atomic mass is 32.1. The Bertz CT molecular complexity index is 1250. The van der Waals surface area contributed by atoms with E-state index < -0.39 is 30.4 Å². The smallest absolute Gasteiger partial charge is 0.341 e. The Hall–Kier alpha value is -3.92. The molecule has 182 valence electrons. The molecule has 3 aromatic rings. The lowest BCUT2D eigenvalue weighted by molar-refractivity contribution is -0.119. The van der Waals surface area contributed by atoms with Gasteiger partial charge in [0.05, 0.1) is 29.7 Å². The van der Waals surface area contributed by atoms with Crippen LogP contribution in [0.25, 0.3) is 0 Å². The zero-order valence-electron chi connectivity index (χ0n) is 19.1. The fourth-order valence-corrected chi connectivity index (χ4v) is 5.10. The summed E-state index contributed by atoms with van der Waals surface area (Å²) >= 11 is 1.35. The second kappa shape index (κ2) is 11.0. The number of rotatable bonds is 8. The topological polar surface area (TPSA) is 124 Å². The van der Waals surface area contributed by atoms with Crippen LogP contribution in [0.4, 0.5) is 10.7 Å². The van der Waals surface area contributed by atoms with Crippen molar-refractivity contribution < 1.29 is 33.1 Å². The van der Waals surface area contributed by atoms with Crippen molar-refractivity contribution in [3.8, 4) is 0 Å². The molecule has 0 spiro atoms. The highest BCUT2D eigenvalue weighted by molar-refractivity contribution is 7.17. The van der Waals surface area contributed by atoms with Crippen LogP contribution < -0.4 is 10.6 Å². The van der Waals surface area contributed by atoms with Crippen LogP contribution in [0.3, 0.4) is 0 Å². The Labute approximate surface area is 205 Å². The largest absolute Gasteiger partial charge is 0.462 e. The third-order valence-electron chi connectivity index (χ3n) is 5.38. The van der Waals surface area contributed by atoms with E-state index in [2.05, 4.69) is 10.6 Å². The third kappa shape index (κ3) is 5.60. The number of amides is 2. The summed E-state index contributed by atoms with van der Waals surface area (Å²) in [6.07, 6.45) is 4.96. The van der Waals surface area contributed by atoms with E-state index in [0.29, 0.717) is 10.6 Å². The molecule has 2 heterocycles. The van der Waals surface area contributed by atoms with Crippen molar-refractivity contribution in [2.24, 2.45) is 0 Å². The minimum absolute atomic E-state index is 0.0824. The monoisotopic (exact) mass is 496 g/mol. The number of fused-ring (bicyclic) bond motifs is 1. The van der Waals surface area contributed by atoms with Crippen molar-refractivity contribution in [2.45, 2.75) is 32.6 Å². The molecule has 1 aliphatic rings. The number of esters is 2. The Balaban J connectivity index is 1.42. The van der Waals surface area contributed by atoms with Crippen LogP contribution in [0.5, 0.6) is 0 Å². The van der Waals surface area contributed by atoms with E-state index >= 15 is 0 Å². The van der Waals surface area contributed by atoms with Crippen LogP contribution in [0, 0.1) is 0 Å². The van der Waals surface area contributed by atoms with Gasteiger partial charge in [-0.2, -0.15) is 0 Å². The van der Waals surface area contributed by atoms with Gasteiger partial charge in [0.15, 0.2) is 12.4 Å². The number of para-hydroxylation sites is 1. The lowest BCUT2D eigenvalue weighted by Crippen LogP contribution is -2.22. The molecule has 1 aromatic carbocycles. The van der Waals surface area contributed by atoms with Gasteiger partial charge in [0.2, 0.25) is 0 Å². The quantitative estimate of drug-likeness (QED) is 0.442. The number of furan rings is 1. The Morgan fingerprint density at radius 1 is 0.971 bits per heavy atom. The molecule has 0 fully saturated rings. The van der Waals surface area contributed by atoms with Gasteiger partial charge in [-0.15, -0.1) is 11.3 Å². The van der Waals surface area contributed by atoms with Crippen molar-refractivity contribution in [2.75, 3.05) is 23.8 Å². The first-order valence-electron chi connectivity index (χ1n) is 11.2. The van der Waals surface area contributed by atoms with E-state index in [1.807, 2.05) is 0 Å². The molecule has 0 bridgehead atoms. The van der Waals surface area contributed by atoms with Gasteiger partial charge in [0.25, 0.3) is 11.8 Å². The lowest BCUT2D eigenvalue weighted by Gasteiger charge is -2.12. The van der Waals surface area contributed by atoms with Crippen LogP contribution >= 0.6 is 11.3 Å². The molecule has 10 heteroatoms. The van der Waals surface area contributed by atoms with Gasteiger partial charge < -0.3 is 24.5 Å². The molecule has 0 aliphatic heterocycles. The third-order valence-corrected chi connectivity index (χ3v) is 6.59. The molecule has 2 amide bonds. The molecule has 0 unspecified atom stereocenters. The predicted molar refractivity (Wildman–Crippen MR) is 129 cm³/mol. The molecule has 9 nitrogen and oxygen atoms in total. The van der Waals surface area contributed by atoms with Gasteiger partial charge >= 0.3 is 11.9 Å². The van der Waals surface area contributed by atoms with Gasteiger partial charge in [-0.05, 0) is 62.4 Å².